The summed E-state index contributed by atoms with van der Waals surface area (Å²) in [5.41, 5.74) is 3.77. The Kier molecular flexibility index (Phi) is 5.67. The van der Waals surface area contributed by atoms with E-state index in [-0.39, 0.29) is 11.7 Å². The first-order chi connectivity index (χ1) is 14.2. The smallest absolute Gasteiger partial charge is 0.234 e. The monoisotopic (exact) mass is 401 g/mol. The fourth-order valence-corrected chi connectivity index (χ4v) is 3.58. The lowest BCUT2D eigenvalue weighted by atomic mass is 10.1. The SMILES string of the molecule is Cc1ccc(-c2nnc(SCC(=O)Nc3cccnc3)n2-c2ccccc2)cc1. The second-order valence-corrected chi connectivity index (χ2v) is 7.36. The Balaban J connectivity index is 1.60. The van der Waals surface area contributed by atoms with Crippen molar-refractivity contribution >= 4 is 23.4 Å². The number of thioether (sulfide) groups is 1. The van der Waals surface area contributed by atoms with Gasteiger partial charge in [0.15, 0.2) is 11.0 Å². The molecule has 2 heterocycles. The highest BCUT2D eigenvalue weighted by atomic mass is 32.2. The number of nitrogens with one attached hydrogen (secondary N) is 1. The Morgan fingerprint density at radius 1 is 1.00 bits per heavy atom. The molecule has 144 valence electrons. The summed E-state index contributed by atoms with van der Waals surface area (Å²) in [5, 5.41) is 12.3. The Hall–Kier alpha value is -3.45. The van der Waals surface area contributed by atoms with Crippen LogP contribution in [0.3, 0.4) is 0 Å². The lowest BCUT2D eigenvalue weighted by Crippen LogP contribution is -2.14. The number of benzene rings is 2. The number of carbonyl (C=O) groups excluding carboxylic acids is 1. The van der Waals surface area contributed by atoms with Crippen LogP contribution in [-0.4, -0.2) is 31.4 Å². The summed E-state index contributed by atoms with van der Waals surface area (Å²) in [6.07, 6.45) is 3.28. The summed E-state index contributed by atoms with van der Waals surface area (Å²) < 4.78 is 1.98. The van der Waals surface area contributed by atoms with Crippen LogP contribution >= 0.6 is 11.8 Å². The van der Waals surface area contributed by atoms with Crippen molar-refractivity contribution in [2.75, 3.05) is 11.1 Å². The van der Waals surface area contributed by atoms with Gasteiger partial charge in [0, 0.05) is 17.4 Å². The number of hydrogen-bond donors (Lipinski definition) is 1. The van der Waals surface area contributed by atoms with Gasteiger partial charge >= 0.3 is 0 Å². The van der Waals surface area contributed by atoms with Gasteiger partial charge in [0.1, 0.15) is 0 Å². The fraction of sp³-hybridized carbons (Fsp3) is 0.0909. The zero-order valence-corrected chi connectivity index (χ0v) is 16.6. The van der Waals surface area contributed by atoms with Gasteiger partial charge in [0.2, 0.25) is 5.91 Å². The standard InChI is InChI=1S/C22H19N5OS/c1-16-9-11-17(12-10-16)21-25-26-22(27(21)19-7-3-2-4-8-19)29-15-20(28)24-18-6-5-13-23-14-18/h2-14H,15H2,1H3,(H,24,28). The molecule has 1 N–H and O–H groups in total. The number of anilines is 1. The average molecular weight is 401 g/mol. The van der Waals surface area contributed by atoms with Crippen molar-refractivity contribution < 1.29 is 4.79 Å². The van der Waals surface area contributed by atoms with Gasteiger partial charge < -0.3 is 5.32 Å². The molecule has 0 aliphatic heterocycles. The number of pyridine rings is 1. The third-order valence-electron chi connectivity index (χ3n) is 4.24. The summed E-state index contributed by atoms with van der Waals surface area (Å²) in [6.45, 7) is 2.05. The number of nitrogens with zero attached hydrogens (tertiary/aromatic N) is 4. The first-order valence-electron chi connectivity index (χ1n) is 9.11. The molecule has 2 aromatic carbocycles. The first-order valence-corrected chi connectivity index (χ1v) is 10.1. The minimum Gasteiger partial charge on any atom is -0.324 e. The van der Waals surface area contributed by atoms with E-state index < -0.39 is 0 Å². The predicted molar refractivity (Wildman–Crippen MR) is 115 cm³/mol. The molecular weight excluding hydrogens is 382 g/mol. The third kappa shape index (κ3) is 4.52. The van der Waals surface area contributed by atoms with E-state index in [9.17, 15) is 4.79 Å². The number of carbonyl (C=O) groups is 1. The van der Waals surface area contributed by atoms with Crippen LogP contribution in [0.2, 0.25) is 0 Å². The van der Waals surface area contributed by atoms with Gasteiger partial charge in [0.05, 0.1) is 17.6 Å². The van der Waals surface area contributed by atoms with Crippen molar-refractivity contribution in [1.29, 1.82) is 0 Å². The summed E-state index contributed by atoms with van der Waals surface area (Å²) in [4.78, 5) is 16.3. The lowest BCUT2D eigenvalue weighted by molar-refractivity contribution is -0.113. The van der Waals surface area contributed by atoms with Gasteiger partial charge in [-0.25, -0.2) is 0 Å². The van der Waals surface area contributed by atoms with Crippen LogP contribution in [0, 0.1) is 6.92 Å². The molecule has 0 radical (unpaired) electrons. The maximum atomic E-state index is 12.3. The van der Waals surface area contributed by atoms with Crippen LogP contribution in [0.15, 0.2) is 84.3 Å². The van der Waals surface area contributed by atoms with Gasteiger partial charge in [-0.15, -0.1) is 10.2 Å². The molecule has 0 atom stereocenters. The molecule has 0 aliphatic rings. The quantitative estimate of drug-likeness (QED) is 0.486. The normalized spacial score (nSPS) is 10.7. The Morgan fingerprint density at radius 3 is 2.52 bits per heavy atom. The van der Waals surface area contributed by atoms with E-state index in [4.69, 9.17) is 0 Å². The van der Waals surface area contributed by atoms with Crippen LogP contribution in [0.5, 0.6) is 0 Å². The van der Waals surface area contributed by atoms with Gasteiger partial charge in [-0.2, -0.15) is 0 Å². The number of amides is 1. The molecule has 1 amide bonds. The minimum atomic E-state index is -0.123. The molecule has 6 nitrogen and oxygen atoms in total. The topological polar surface area (TPSA) is 72.7 Å². The number of hydrogen-bond acceptors (Lipinski definition) is 5. The van der Waals surface area contributed by atoms with E-state index in [0.29, 0.717) is 10.8 Å². The molecule has 0 unspecified atom stereocenters. The maximum Gasteiger partial charge on any atom is 0.234 e. The molecule has 4 rings (SSSR count). The van der Waals surface area contributed by atoms with Crippen molar-refractivity contribution in [3.8, 4) is 17.1 Å². The lowest BCUT2D eigenvalue weighted by Gasteiger charge is -2.10. The predicted octanol–water partition coefficient (Wildman–Crippen LogP) is 4.37. The van der Waals surface area contributed by atoms with Crippen molar-refractivity contribution in [2.45, 2.75) is 12.1 Å². The van der Waals surface area contributed by atoms with Crippen molar-refractivity contribution in [3.05, 3.63) is 84.7 Å². The summed E-state index contributed by atoms with van der Waals surface area (Å²) in [5.74, 6) is 0.835. The highest BCUT2D eigenvalue weighted by Gasteiger charge is 2.17. The van der Waals surface area contributed by atoms with Crippen LogP contribution < -0.4 is 5.32 Å². The summed E-state index contributed by atoms with van der Waals surface area (Å²) >= 11 is 1.34. The third-order valence-corrected chi connectivity index (χ3v) is 5.16. The van der Waals surface area contributed by atoms with Crippen molar-refractivity contribution in [1.82, 2.24) is 19.7 Å². The molecule has 0 saturated carbocycles. The van der Waals surface area contributed by atoms with Crippen LogP contribution in [-0.2, 0) is 4.79 Å². The molecule has 0 saturated heterocycles. The zero-order valence-electron chi connectivity index (χ0n) is 15.8. The maximum absolute atomic E-state index is 12.3. The molecule has 0 aliphatic carbocycles. The Bertz CT molecular complexity index is 1100. The molecule has 0 bridgehead atoms. The highest BCUT2D eigenvalue weighted by molar-refractivity contribution is 7.99. The van der Waals surface area contributed by atoms with E-state index in [1.807, 2.05) is 66.1 Å². The highest BCUT2D eigenvalue weighted by Crippen LogP contribution is 2.28. The second-order valence-electron chi connectivity index (χ2n) is 6.42. The number of aromatic nitrogens is 4. The second kappa shape index (κ2) is 8.70. The van der Waals surface area contributed by atoms with E-state index in [0.717, 1.165) is 17.1 Å². The first kappa shape index (κ1) is 18.9. The zero-order chi connectivity index (χ0) is 20.1. The van der Waals surface area contributed by atoms with Crippen LogP contribution in [0.4, 0.5) is 5.69 Å². The van der Waals surface area contributed by atoms with Gasteiger partial charge in [-0.05, 0) is 31.2 Å². The average Bonchev–Trinajstić information content (AvgIpc) is 3.18. The van der Waals surface area contributed by atoms with Crippen molar-refractivity contribution in [3.63, 3.8) is 0 Å². The molecular formula is C22H19N5OS. The summed E-state index contributed by atoms with van der Waals surface area (Å²) in [6, 6.07) is 21.6. The van der Waals surface area contributed by atoms with Gasteiger partial charge in [0.25, 0.3) is 0 Å². The molecule has 0 spiro atoms. The number of para-hydroxylation sites is 1. The minimum absolute atomic E-state index is 0.123. The van der Waals surface area contributed by atoms with E-state index in [1.165, 1.54) is 17.3 Å². The van der Waals surface area contributed by atoms with E-state index in [2.05, 4.69) is 20.5 Å². The molecule has 29 heavy (non-hydrogen) atoms. The van der Waals surface area contributed by atoms with E-state index in [1.54, 1.807) is 24.5 Å². The van der Waals surface area contributed by atoms with Crippen LogP contribution in [0.1, 0.15) is 5.56 Å². The van der Waals surface area contributed by atoms with Crippen molar-refractivity contribution in [2.24, 2.45) is 0 Å². The number of aryl methyl sites for hydroxylation is 1. The molecule has 4 aromatic rings. The largest absolute Gasteiger partial charge is 0.324 e. The fourth-order valence-electron chi connectivity index (χ4n) is 2.83. The molecule has 0 fully saturated rings. The van der Waals surface area contributed by atoms with Crippen LogP contribution in [0.25, 0.3) is 17.1 Å². The van der Waals surface area contributed by atoms with E-state index >= 15 is 0 Å². The Morgan fingerprint density at radius 2 is 1.79 bits per heavy atom. The molecule has 7 heteroatoms. The summed E-state index contributed by atoms with van der Waals surface area (Å²) in [7, 11) is 0. The van der Waals surface area contributed by atoms with Gasteiger partial charge in [-0.3, -0.25) is 14.3 Å². The Labute approximate surface area is 173 Å². The van der Waals surface area contributed by atoms with Gasteiger partial charge in [-0.1, -0.05) is 59.8 Å². The number of rotatable bonds is 6. The molecule has 2 aromatic heterocycles.